The van der Waals surface area contributed by atoms with E-state index < -0.39 is 0 Å². The van der Waals surface area contributed by atoms with Crippen LogP contribution in [0.25, 0.3) is 11.3 Å². The number of benzene rings is 2. The average Bonchev–Trinajstić information content (AvgIpc) is 2.81. The number of piperazine rings is 1. The maximum atomic E-state index is 12.5. The summed E-state index contributed by atoms with van der Waals surface area (Å²) in [4.78, 5) is 29.5. The van der Waals surface area contributed by atoms with Gasteiger partial charge in [0, 0.05) is 50.9 Å². The number of likely N-dealkylation sites (N-methyl/N-ethyl adjacent to an activating group) is 1. The second kappa shape index (κ2) is 10.3. The zero-order valence-electron chi connectivity index (χ0n) is 18.4. The van der Waals surface area contributed by atoms with Crippen molar-refractivity contribution in [3.63, 3.8) is 0 Å². The van der Waals surface area contributed by atoms with Gasteiger partial charge in [-0.15, -0.1) is 0 Å². The minimum atomic E-state index is -0.297. The Labute approximate surface area is 188 Å². The van der Waals surface area contributed by atoms with Gasteiger partial charge in [0.1, 0.15) is 6.54 Å². The Morgan fingerprint density at radius 1 is 0.938 bits per heavy atom. The molecular weight excluding hydrogens is 402 g/mol. The molecule has 0 atom stereocenters. The van der Waals surface area contributed by atoms with E-state index in [1.807, 2.05) is 42.5 Å². The van der Waals surface area contributed by atoms with E-state index in [1.165, 1.54) is 16.3 Å². The van der Waals surface area contributed by atoms with Crippen LogP contribution in [0.4, 0.5) is 0 Å². The van der Waals surface area contributed by atoms with Crippen molar-refractivity contribution < 1.29 is 4.79 Å². The molecule has 0 bridgehead atoms. The van der Waals surface area contributed by atoms with E-state index in [1.54, 1.807) is 6.07 Å². The van der Waals surface area contributed by atoms with Crippen LogP contribution in [0.3, 0.4) is 0 Å². The van der Waals surface area contributed by atoms with E-state index in [4.69, 9.17) is 0 Å². The molecule has 0 aliphatic carbocycles. The molecule has 0 unspecified atom stereocenters. The summed E-state index contributed by atoms with van der Waals surface area (Å²) in [6, 6.07) is 21.0. The summed E-state index contributed by atoms with van der Waals surface area (Å²) >= 11 is 0. The number of hydrogen-bond acceptors (Lipinski definition) is 5. The largest absolute Gasteiger partial charge is 0.350 e. The van der Waals surface area contributed by atoms with Crippen LogP contribution < -0.4 is 10.9 Å². The van der Waals surface area contributed by atoms with Crippen molar-refractivity contribution >= 4 is 5.91 Å². The van der Waals surface area contributed by atoms with Gasteiger partial charge in [-0.3, -0.25) is 14.5 Å². The Morgan fingerprint density at radius 3 is 2.47 bits per heavy atom. The second-order valence-electron chi connectivity index (χ2n) is 8.26. The Kier molecular flexibility index (Phi) is 7.09. The lowest BCUT2D eigenvalue weighted by Crippen LogP contribution is -2.43. The van der Waals surface area contributed by atoms with Crippen molar-refractivity contribution in [1.82, 2.24) is 24.9 Å². The first kappa shape index (κ1) is 21.9. The first-order chi connectivity index (χ1) is 15.6. The highest BCUT2D eigenvalue weighted by Gasteiger charge is 2.14. The fourth-order valence-electron chi connectivity index (χ4n) is 3.82. The molecule has 0 saturated carbocycles. The maximum Gasteiger partial charge on any atom is 0.267 e. The maximum absolute atomic E-state index is 12.5. The van der Waals surface area contributed by atoms with Crippen LogP contribution in [0.15, 0.2) is 71.5 Å². The Bertz CT molecular complexity index is 1100. The third kappa shape index (κ3) is 5.90. The average molecular weight is 432 g/mol. The van der Waals surface area contributed by atoms with Gasteiger partial charge in [-0.2, -0.15) is 5.10 Å². The van der Waals surface area contributed by atoms with Crippen molar-refractivity contribution in [2.24, 2.45) is 0 Å². The predicted molar refractivity (Wildman–Crippen MR) is 125 cm³/mol. The van der Waals surface area contributed by atoms with Crippen LogP contribution in [0.5, 0.6) is 0 Å². The smallest absolute Gasteiger partial charge is 0.267 e. The van der Waals surface area contributed by atoms with E-state index in [9.17, 15) is 9.59 Å². The SMILES string of the molecule is CN1CCN(Cc2cccc(CNC(=O)Cn3nc(-c4ccccc4)ccc3=O)c2)CC1. The molecule has 7 nitrogen and oxygen atoms in total. The monoisotopic (exact) mass is 431 g/mol. The summed E-state index contributed by atoms with van der Waals surface area (Å²) in [6.45, 7) is 5.55. The summed E-state index contributed by atoms with van der Waals surface area (Å²) in [5, 5.41) is 7.27. The third-order valence-electron chi connectivity index (χ3n) is 5.71. The van der Waals surface area contributed by atoms with Gasteiger partial charge in [-0.25, -0.2) is 4.68 Å². The van der Waals surface area contributed by atoms with Crippen LogP contribution in [0.1, 0.15) is 11.1 Å². The van der Waals surface area contributed by atoms with Crippen molar-refractivity contribution in [3.05, 3.63) is 88.2 Å². The highest BCUT2D eigenvalue weighted by atomic mass is 16.2. The van der Waals surface area contributed by atoms with Gasteiger partial charge in [0.15, 0.2) is 0 Å². The zero-order valence-corrected chi connectivity index (χ0v) is 18.4. The first-order valence-corrected chi connectivity index (χ1v) is 11.0. The quantitative estimate of drug-likeness (QED) is 0.620. The van der Waals surface area contributed by atoms with Gasteiger partial charge in [-0.1, -0.05) is 54.6 Å². The molecule has 7 heteroatoms. The molecule has 32 heavy (non-hydrogen) atoms. The van der Waals surface area contributed by atoms with Crippen LogP contribution >= 0.6 is 0 Å². The summed E-state index contributed by atoms with van der Waals surface area (Å²) < 4.78 is 1.21. The molecule has 2 heterocycles. The van der Waals surface area contributed by atoms with Crippen LogP contribution in [-0.4, -0.2) is 58.7 Å². The second-order valence-corrected chi connectivity index (χ2v) is 8.26. The van der Waals surface area contributed by atoms with E-state index in [0.717, 1.165) is 43.9 Å². The molecule has 166 valence electrons. The minimum absolute atomic E-state index is 0.111. The summed E-state index contributed by atoms with van der Waals surface area (Å²) in [7, 11) is 2.15. The van der Waals surface area contributed by atoms with Gasteiger partial charge in [0.25, 0.3) is 5.56 Å². The molecule has 3 aromatic rings. The van der Waals surface area contributed by atoms with Gasteiger partial charge < -0.3 is 10.2 Å². The first-order valence-electron chi connectivity index (χ1n) is 11.0. The number of nitrogens with one attached hydrogen (secondary N) is 1. The van der Waals surface area contributed by atoms with Crippen molar-refractivity contribution in [2.75, 3.05) is 33.2 Å². The number of carbonyl (C=O) groups excluding carboxylic acids is 1. The number of carbonyl (C=O) groups is 1. The predicted octanol–water partition coefficient (Wildman–Crippen LogP) is 1.97. The lowest BCUT2D eigenvalue weighted by atomic mass is 10.1. The molecule has 1 saturated heterocycles. The highest BCUT2D eigenvalue weighted by molar-refractivity contribution is 5.75. The van der Waals surface area contributed by atoms with Gasteiger partial charge in [0.05, 0.1) is 5.69 Å². The topological polar surface area (TPSA) is 70.5 Å². The molecule has 1 amide bonds. The molecule has 4 rings (SSSR count). The number of amides is 1. The molecule has 2 aromatic carbocycles. The van der Waals surface area contributed by atoms with E-state index in [0.29, 0.717) is 12.2 Å². The van der Waals surface area contributed by atoms with Crippen molar-refractivity contribution in [3.8, 4) is 11.3 Å². The van der Waals surface area contributed by atoms with Crippen molar-refractivity contribution in [2.45, 2.75) is 19.6 Å². The molecule has 1 aromatic heterocycles. The van der Waals surface area contributed by atoms with Crippen LogP contribution in [0.2, 0.25) is 0 Å². The Balaban J connectivity index is 1.34. The van der Waals surface area contributed by atoms with E-state index >= 15 is 0 Å². The third-order valence-corrected chi connectivity index (χ3v) is 5.71. The van der Waals surface area contributed by atoms with E-state index in [-0.39, 0.29) is 18.0 Å². The van der Waals surface area contributed by atoms with Crippen LogP contribution in [0, 0.1) is 0 Å². The fourth-order valence-corrected chi connectivity index (χ4v) is 3.82. The Hall–Kier alpha value is -3.29. The number of rotatable bonds is 7. The summed E-state index contributed by atoms with van der Waals surface area (Å²) in [6.07, 6.45) is 0. The molecular formula is C25H29N5O2. The molecule has 1 aliphatic heterocycles. The molecule has 1 N–H and O–H groups in total. The fraction of sp³-hybridized carbons (Fsp3) is 0.320. The minimum Gasteiger partial charge on any atom is -0.350 e. The Morgan fingerprint density at radius 2 is 1.69 bits per heavy atom. The molecule has 0 spiro atoms. The van der Waals surface area contributed by atoms with Gasteiger partial charge in [-0.05, 0) is 24.2 Å². The van der Waals surface area contributed by atoms with Gasteiger partial charge in [0.2, 0.25) is 5.91 Å². The van der Waals surface area contributed by atoms with Gasteiger partial charge >= 0.3 is 0 Å². The summed E-state index contributed by atoms with van der Waals surface area (Å²) in [5.41, 5.74) is 3.56. The summed E-state index contributed by atoms with van der Waals surface area (Å²) in [5.74, 6) is -0.241. The number of nitrogens with zero attached hydrogens (tertiary/aromatic N) is 4. The van der Waals surface area contributed by atoms with E-state index in [2.05, 4.69) is 39.4 Å². The van der Waals surface area contributed by atoms with Crippen molar-refractivity contribution in [1.29, 1.82) is 0 Å². The molecule has 1 fully saturated rings. The normalized spacial score (nSPS) is 14.9. The molecule has 0 radical (unpaired) electrons. The number of aromatic nitrogens is 2. The van der Waals surface area contributed by atoms with Crippen LogP contribution in [-0.2, 0) is 24.4 Å². The standard InChI is InChI=1S/C25H29N5O2/c1-28-12-14-29(15-13-28)18-21-7-5-6-20(16-21)17-26-24(31)19-30-25(32)11-10-23(27-30)22-8-3-2-4-9-22/h2-11,16H,12-15,17-19H2,1H3,(H,26,31). The zero-order chi connectivity index (χ0) is 22.3. The number of hydrogen-bond donors (Lipinski definition) is 1. The molecule has 1 aliphatic rings. The lowest BCUT2D eigenvalue weighted by molar-refractivity contribution is -0.122. The highest BCUT2D eigenvalue weighted by Crippen LogP contribution is 2.14. The lowest BCUT2D eigenvalue weighted by Gasteiger charge is -2.32.